The number of rotatable bonds is 4. The second-order valence-electron chi connectivity index (χ2n) is 4.10. The van der Waals surface area contributed by atoms with E-state index in [0.717, 1.165) is 13.1 Å². The molecule has 84 valence electrons. The number of hydrogen-bond acceptors (Lipinski definition) is 2. The fourth-order valence-corrected chi connectivity index (χ4v) is 2.59. The summed E-state index contributed by atoms with van der Waals surface area (Å²) in [6, 6.07) is 13.0. The second-order valence-corrected chi connectivity index (χ2v) is 5.48. The van der Waals surface area contributed by atoms with Gasteiger partial charge in [0.1, 0.15) is 0 Å². The van der Waals surface area contributed by atoms with Crippen molar-refractivity contribution in [1.82, 2.24) is 5.32 Å². The molecule has 0 fully saturated rings. The van der Waals surface area contributed by atoms with Crippen LogP contribution >= 0.6 is 11.3 Å². The SMILES string of the molecule is Cc1cccc(CNCc2ccc(C)s2)c1. The molecule has 0 bridgehead atoms. The van der Waals surface area contributed by atoms with Gasteiger partial charge in [-0.05, 0) is 31.5 Å². The van der Waals surface area contributed by atoms with Gasteiger partial charge >= 0.3 is 0 Å². The molecule has 1 aromatic heterocycles. The summed E-state index contributed by atoms with van der Waals surface area (Å²) in [7, 11) is 0. The zero-order chi connectivity index (χ0) is 11.4. The molecule has 0 amide bonds. The molecule has 0 unspecified atom stereocenters. The minimum atomic E-state index is 0.943. The van der Waals surface area contributed by atoms with Crippen molar-refractivity contribution in [2.45, 2.75) is 26.9 Å². The maximum Gasteiger partial charge on any atom is 0.0303 e. The Labute approximate surface area is 101 Å². The fourth-order valence-electron chi connectivity index (χ4n) is 1.73. The molecule has 0 saturated heterocycles. The van der Waals surface area contributed by atoms with Crippen molar-refractivity contribution in [2.75, 3.05) is 0 Å². The van der Waals surface area contributed by atoms with Crippen LogP contribution in [0.2, 0.25) is 0 Å². The number of hydrogen-bond donors (Lipinski definition) is 1. The smallest absolute Gasteiger partial charge is 0.0303 e. The average molecular weight is 231 g/mol. The lowest BCUT2D eigenvalue weighted by Crippen LogP contribution is -2.11. The zero-order valence-electron chi connectivity index (χ0n) is 9.79. The maximum atomic E-state index is 3.47. The Kier molecular flexibility index (Phi) is 3.75. The highest BCUT2D eigenvalue weighted by Crippen LogP contribution is 2.14. The molecule has 0 spiro atoms. The van der Waals surface area contributed by atoms with Gasteiger partial charge in [0.25, 0.3) is 0 Å². The van der Waals surface area contributed by atoms with Gasteiger partial charge in [-0.2, -0.15) is 0 Å². The molecule has 2 heteroatoms. The lowest BCUT2D eigenvalue weighted by atomic mass is 10.1. The molecule has 1 heterocycles. The molecule has 0 saturated carbocycles. The third-order valence-electron chi connectivity index (χ3n) is 2.51. The Balaban J connectivity index is 1.84. The van der Waals surface area contributed by atoms with E-state index in [0.29, 0.717) is 0 Å². The van der Waals surface area contributed by atoms with Crippen LogP contribution in [0.3, 0.4) is 0 Å². The molecule has 0 aliphatic carbocycles. The zero-order valence-corrected chi connectivity index (χ0v) is 10.6. The largest absolute Gasteiger partial charge is 0.308 e. The Morgan fingerprint density at radius 2 is 1.94 bits per heavy atom. The van der Waals surface area contributed by atoms with E-state index in [1.165, 1.54) is 20.9 Å². The summed E-state index contributed by atoms with van der Waals surface area (Å²) in [5.41, 5.74) is 2.68. The van der Waals surface area contributed by atoms with Crippen LogP contribution in [0.5, 0.6) is 0 Å². The van der Waals surface area contributed by atoms with Gasteiger partial charge in [0, 0.05) is 22.8 Å². The number of thiophene rings is 1. The van der Waals surface area contributed by atoms with E-state index in [-0.39, 0.29) is 0 Å². The Morgan fingerprint density at radius 3 is 2.62 bits per heavy atom. The maximum absolute atomic E-state index is 3.47. The predicted octanol–water partition coefficient (Wildman–Crippen LogP) is 3.65. The molecule has 0 atom stereocenters. The summed E-state index contributed by atoms with van der Waals surface area (Å²) in [6.45, 7) is 6.19. The molecule has 1 nitrogen and oxygen atoms in total. The number of aryl methyl sites for hydroxylation is 2. The van der Waals surface area contributed by atoms with Crippen molar-refractivity contribution in [3.63, 3.8) is 0 Å². The third-order valence-corrected chi connectivity index (χ3v) is 3.51. The van der Waals surface area contributed by atoms with Crippen LogP contribution in [0, 0.1) is 13.8 Å². The predicted molar refractivity (Wildman–Crippen MR) is 70.8 cm³/mol. The van der Waals surface area contributed by atoms with Crippen LogP contribution in [0.1, 0.15) is 20.9 Å². The average Bonchev–Trinajstić information content (AvgIpc) is 2.64. The Morgan fingerprint density at radius 1 is 1.06 bits per heavy atom. The summed E-state index contributed by atoms with van der Waals surface area (Å²) >= 11 is 1.86. The summed E-state index contributed by atoms with van der Waals surface area (Å²) < 4.78 is 0. The van der Waals surface area contributed by atoms with Crippen molar-refractivity contribution in [3.05, 3.63) is 57.3 Å². The first-order valence-electron chi connectivity index (χ1n) is 5.55. The van der Waals surface area contributed by atoms with Crippen molar-refractivity contribution in [2.24, 2.45) is 0 Å². The highest BCUT2D eigenvalue weighted by molar-refractivity contribution is 7.11. The first-order chi connectivity index (χ1) is 7.74. The van der Waals surface area contributed by atoms with E-state index in [4.69, 9.17) is 0 Å². The molecular formula is C14H17NS. The quantitative estimate of drug-likeness (QED) is 0.847. The lowest BCUT2D eigenvalue weighted by Gasteiger charge is -2.04. The molecule has 0 aliphatic rings. The van der Waals surface area contributed by atoms with Gasteiger partial charge in [0.2, 0.25) is 0 Å². The van der Waals surface area contributed by atoms with E-state index in [1.807, 2.05) is 11.3 Å². The van der Waals surface area contributed by atoms with Gasteiger partial charge in [-0.1, -0.05) is 29.8 Å². The van der Waals surface area contributed by atoms with Gasteiger partial charge in [-0.25, -0.2) is 0 Å². The molecule has 0 aliphatic heterocycles. The van der Waals surface area contributed by atoms with Crippen LogP contribution < -0.4 is 5.32 Å². The molecule has 16 heavy (non-hydrogen) atoms. The van der Waals surface area contributed by atoms with Gasteiger partial charge in [0.15, 0.2) is 0 Å². The van der Waals surface area contributed by atoms with E-state index < -0.39 is 0 Å². The second kappa shape index (κ2) is 5.28. The Bertz CT molecular complexity index is 459. The topological polar surface area (TPSA) is 12.0 Å². The first-order valence-corrected chi connectivity index (χ1v) is 6.37. The van der Waals surface area contributed by atoms with Gasteiger partial charge < -0.3 is 5.32 Å². The number of benzene rings is 1. The van der Waals surface area contributed by atoms with Crippen molar-refractivity contribution >= 4 is 11.3 Å². The van der Waals surface area contributed by atoms with Crippen molar-refractivity contribution in [3.8, 4) is 0 Å². The van der Waals surface area contributed by atoms with Gasteiger partial charge in [-0.15, -0.1) is 11.3 Å². The summed E-state index contributed by atoms with van der Waals surface area (Å²) in [6.07, 6.45) is 0. The molecule has 1 aromatic carbocycles. The minimum Gasteiger partial charge on any atom is -0.308 e. The fraction of sp³-hybridized carbons (Fsp3) is 0.286. The summed E-state index contributed by atoms with van der Waals surface area (Å²) in [4.78, 5) is 2.79. The molecular weight excluding hydrogens is 214 g/mol. The molecule has 2 aromatic rings. The minimum absolute atomic E-state index is 0.943. The van der Waals surface area contributed by atoms with Crippen LogP contribution in [0.4, 0.5) is 0 Å². The van der Waals surface area contributed by atoms with Crippen LogP contribution in [0.15, 0.2) is 36.4 Å². The van der Waals surface area contributed by atoms with E-state index in [9.17, 15) is 0 Å². The lowest BCUT2D eigenvalue weighted by molar-refractivity contribution is 0.700. The summed E-state index contributed by atoms with van der Waals surface area (Å²) in [5, 5.41) is 3.47. The van der Waals surface area contributed by atoms with Gasteiger partial charge in [0.05, 0.1) is 0 Å². The highest BCUT2D eigenvalue weighted by Gasteiger charge is 1.97. The van der Waals surface area contributed by atoms with Crippen LogP contribution in [-0.4, -0.2) is 0 Å². The van der Waals surface area contributed by atoms with E-state index in [1.54, 1.807) is 0 Å². The molecule has 2 rings (SSSR count). The van der Waals surface area contributed by atoms with Crippen molar-refractivity contribution < 1.29 is 0 Å². The monoisotopic (exact) mass is 231 g/mol. The number of nitrogens with one attached hydrogen (secondary N) is 1. The highest BCUT2D eigenvalue weighted by atomic mass is 32.1. The molecule has 0 radical (unpaired) electrons. The van der Waals surface area contributed by atoms with Crippen molar-refractivity contribution in [1.29, 1.82) is 0 Å². The normalized spacial score (nSPS) is 10.6. The standard InChI is InChI=1S/C14H17NS/c1-11-4-3-5-13(8-11)9-15-10-14-7-6-12(2)16-14/h3-8,15H,9-10H2,1-2H3. The molecule has 1 N–H and O–H groups in total. The first kappa shape index (κ1) is 11.4. The third kappa shape index (κ3) is 3.19. The van der Waals surface area contributed by atoms with Crippen LogP contribution in [-0.2, 0) is 13.1 Å². The van der Waals surface area contributed by atoms with E-state index in [2.05, 4.69) is 55.6 Å². The van der Waals surface area contributed by atoms with Crippen LogP contribution in [0.25, 0.3) is 0 Å². The van der Waals surface area contributed by atoms with Gasteiger partial charge in [-0.3, -0.25) is 0 Å². The van der Waals surface area contributed by atoms with E-state index >= 15 is 0 Å². The summed E-state index contributed by atoms with van der Waals surface area (Å²) in [5.74, 6) is 0. The Hall–Kier alpha value is -1.12.